The highest BCUT2D eigenvalue weighted by molar-refractivity contribution is 7.95. The van der Waals surface area contributed by atoms with Crippen molar-refractivity contribution in [1.82, 2.24) is 0 Å². The molecule has 0 aromatic heterocycles. The molecule has 0 bridgehead atoms. The van der Waals surface area contributed by atoms with Crippen LogP contribution in [0.25, 0.3) is 0 Å². The Morgan fingerprint density at radius 1 is 0.586 bits per heavy atom. The van der Waals surface area contributed by atoms with E-state index in [1.54, 1.807) is 6.92 Å². The minimum absolute atomic E-state index is 0.118. The summed E-state index contributed by atoms with van der Waals surface area (Å²) >= 11 is 0. The van der Waals surface area contributed by atoms with Crippen molar-refractivity contribution in [3.8, 4) is 0 Å². The van der Waals surface area contributed by atoms with Crippen LogP contribution in [0.5, 0.6) is 0 Å². The van der Waals surface area contributed by atoms with E-state index in [9.17, 15) is 4.79 Å². The molecule has 0 fully saturated rings. The van der Waals surface area contributed by atoms with Gasteiger partial charge in [0.05, 0.1) is 6.16 Å². The number of carbonyl (C=O) groups excluding carboxylic acids is 1. The van der Waals surface area contributed by atoms with Gasteiger partial charge < -0.3 is 0 Å². The molecule has 29 heavy (non-hydrogen) atoms. The van der Waals surface area contributed by atoms with E-state index in [2.05, 4.69) is 97.1 Å². The summed E-state index contributed by atoms with van der Waals surface area (Å²) < 4.78 is 0. The standard InChI is InChI=1S/C27H24OP/c1-22(28)27-20-12-11-13-23(27)21-29(24-14-5-2-6-15-24,25-16-7-3-8-17-25)26-18-9-4-10-19-26/h2-20H,21H2,1H3/q+1. The molecule has 0 N–H and O–H groups in total. The van der Waals surface area contributed by atoms with Crippen molar-refractivity contribution in [3.05, 3.63) is 126 Å². The SMILES string of the molecule is CC(=O)c1ccccc1C[P+](c1ccccc1)(c1ccccc1)c1ccccc1. The highest BCUT2D eigenvalue weighted by Crippen LogP contribution is 2.58. The largest absolute Gasteiger partial charge is 0.294 e. The summed E-state index contributed by atoms with van der Waals surface area (Å²) in [6.07, 6.45) is 0.820. The van der Waals surface area contributed by atoms with Gasteiger partial charge in [0.2, 0.25) is 0 Å². The van der Waals surface area contributed by atoms with Crippen LogP contribution in [0.1, 0.15) is 22.8 Å². The van der Waals surface area contributed by atoms with Crippen LogP contribution in [0.15, 0.2) is 115 Å². The summed E-state index contributed by atoms with van der Waals surface area (Å²) in [6.45, 7) is 1.66. The van der Waals surface area contributed by atoms with Crippen molar-refractivity contribution in [1.29, 1.82) is 0 Å². The smallest absolute Gasteiger partial charge is 0.160 e. The third-order valence-corrected chi connectivity index (χ3v) is 9.75. The van der Waals surface area contributed by atoms with Gasteiger partial charge in [-0.3, -0.25) is 4.79 Å². The highest BCUT2D eigenvalue weighted by Gasteiger charge is 2.45. The van der Waals surface area contributed by atoms with Crippen LogP contribution in [0.4, 0.5) is 0 Å². The third kappa shape index (κ3) is 3.79. The van der Waals surface area contributed by atoms with Crippen molar-refractivity contribution in [3.63, 3.8) is 0 Å². The second-order valence-corrected chi connectivity index (χ2v) is 10.7. The van der Waals surface area contributed by atoms with Crippen LogP contribution in [0.3, 0.4) is 0 Å². The highest BCUT2D eigenvalue weighted by atomic mass is 31.2. The quantitative estimate of drug-likeness (QED) is 0.316. The lowest BCUT2D eigenvalue weighted by Crippen LogP contribution is -2.32. The lowest BCUT2D eigenvalue weighted by Gasteiger charge is -2.28. The molecule has 142 valence electrons. The Hall–Kier alpha value is -3.02. The third-order valence-electron chi connectivity index (χ3n) is 5.40. The maximum absolute atomic E-state index is 12.4. The molecule has 0 aliphatic rings. The summed E-state index contributed by atoms with van der Waals surface area (Å²) in [6, 6.07) is 40.4. The second-order valence-electron chi connectivity index (χ2n) is 7.19. The zero-order valence-corrected chi connectivity index (χ0v) is 17.4. The van der Waals surface area contributed by atoms with Crippen molar-refractivity contribution < 1.29 is 4.79 Å². The van der Waals surface area contributed by atoms with E-state index in [1.807, 2.05) is 18.2 Å². The summed E-state index contributed by atoms with van der Waals surface area (Å²) in [5, 5.41) is 3.99. The Kier molecular flexibility index (Phi) is 5.69. The van der Waals surface area contributed by atoms with Gasteiger partial charge in [0.25, 0.3) is 0 Å². The van der Waals surface area contributed by atoms with Crippen molar-refractivity contribution in [2.24, 2.45) is 0 Å². The topological polar surface area (TPSA) is 17.1 Å². The average molecular weight is 395 g/mol. The Labute approximate surface area is 173 Å². The number of rotatable bonds is 6. The summed E-state index contributed by atoms with van der Waals surface area (Å²) in [5.41, 5.74) is 1.93. The fraction of sp³-hybridized carbons (Fsp3) is 0.0741. The zero-order valence-electron chi connectivity index (χ0n) is 16.5. The second kappa shape index (κ2) is 8.55. The molecule has 2 heteroatoms. The Bertz CT molecular complexity index is 992. The number of carbonyl (C=O) groups is 1. The van der Waals surface area contributed by atoms with Gasteiger partial charge in [-0.15, -0.1) is 0 Å². The lowest BCUT2D eigenvalue weighted by molar-refractivity contribution is 0.101. The van der Waals surface area contributed by atoms with Crippen LogP contribution in [-0.4, -0.2) is 5.78 Å². The molecule has 0 unspecified atom stereocenters. The van der Waals surface area contributed by atoms with Crippen LogP contribution >= 0.6 is 7.26 Å². The molecule has 4 aromatic rings. The maximum atomic E-state index is 12.4. The molecule has 0 aliphatic heterocycles. The summed E-state index contributed by atoms with van der Waals surface area (Å²) in [4.78, 5) is 12.4. The number of hydrogen-bond donors (Lipinski definition) is 0. The summed E-state index contributed by atoms with van der Waals surface area (Å²) in [7, 11) is -1.99. The lowest BCUT2D eigenvalue weighted by atomic mass is 10.1. The predicted octanol–water partition coefficient (Wildman–Crippen LogP) is 5.38. The first kappa shape index (κ1) is 19.3. The molecule has 0 saturated heterocycles. The first-order chi connectivity index (χ1) is 14.2. The predicted molar refractivity (Wildman–Crippen MR) is 125 cm³/mol. The van der Waals surface area contributed by atoms with Gasteiger partial charge >= 0.3 is 0 Å². The van der Waals surface area contributed by atoms with Crippen molar-refractivity contribution >= 4 is 29.0 Å². The van der Waals surface area contributed by atoms with Crippen LogP contribution in [-0.2, 0) is 6.16 Å². The van der Waals surface area contributed by atoms with E-state index < -0.39 is 7.26 Å². The van der Waals surface area contributed by atoms with Gasteiger partial charge in [-0.25, -0.2) is 0 Å². The first-order valence-electron chi connectivity index (χ1n) is 9.85. The fourth-order valence-electron chi connectivity index (χ4n) is 4.03. The van der Waals surface area contributed by atoms with Gasteiger partial charge in [-0.1, -0.05) is 78.9 Å². The Morgan fingerprint density at radius 3 is 1.38 bits per heavy atom. The minimum atomic E-state index is -1.99. The van der Waals surface area contributed by atoms with Gasteiger partial charge in [0.15, 0.2) is 5.78 Å². The molecule has 0 atom stereocenters. The van der Waals surface area contributed by atoms with Crippen LogP contribution in [0, 0.1) is 0 Å². The monoisotopic (exact) mass is 395 g/mol. The molecule has 4 aromatic carbocycles. The zero-order chi connectivity index (χ0) is 20.1. The van der Waals surface area contributed by atoms with Gasteiger partial charge in [0.1, 0.15) is 23.2 Å². The molecule has 0 heterocycles. The average Bonchev–Trinajstić information content (AvgIpc) is 2.79. The Morgan fingerprint density at radius 2 is 0.966 bits per heavy atom. The summed E-state index contributed by atoms with van der Waals surface area (Å²) in [5.74, 6) is 0.118. The van der Waals surface area contributed by atoms with Crippen LogP contribution in [0.2, 0.25) is 0 Å². The number of hydrogen-bond acceptors (Lipinski definition) is 1. The van der Waals surface area contributed by atoms with Crippen molar-refractivity contribution in [2.75, 3.05) is 0 Å². The molecule has 0 radical (unpaired) electrons. The molecule has 0 spiro atoms. The molecule has 1 nitrogen and oxygen atoms in total. The molecular formula is C27H24OP+. The number of Topliss-reactive ketones (excluding diaryl/α,β-unsaturated/α-hetero) is 1. The normalized spacial score (nSPS) is 11.2. The van der Waals surface area contributed by atoms with Gasteiger partial charge in [-0.05, 0) is 43.3 Å². The van der Waals surface area contributed by atoms with E-state index in [-0.39, 0.29) is 5.78 Å². The first-order valence-corrected chi connectivity index (χ1v) is 11.8. The number of benzene rings is 4. The van der Waals surface area contributed by atoms with E-state index in [1.165, 1.54) is 15.9 Å². The van der Waals surface area contributed by atoms with Crippen LogP contribution < -0.4 is 15.9 Å². The molecular weight excluding hydrogens is 371 g/mol. The van der Waals surface area contributed by atoms with E-state index in [0.29, 0.717) is 0 Å². The molecule has 4 rings (SSSR count). The fourth-order valence-corrected chi connectivity index (χ4v) is 8.30. The van der Waals surface area contributed by atoms with Gasteiger partial charge in [0, 0.05) is 11.1 Å². The van der Waals surface area contributed by atoms with E-state index in [4.69, 9.17) is 0 Å². The Balaban J connectivity index is 2.03. The van der Waals surface area contributed by atoms with Crippen molar-refractivity contribution in [2.45, 2.75) is 13.1 Å². The maximum Gasteiger partial charge on any atom is 0.160 e. The molecule has 0 aliphatic carbocycles. The van der Waals surface area contributed by atoms with E-state index in [0.717, 1.165) is 17.3 Å². The van der Waals surface area contributed by atoms with E-state index >= 15 is 0 Å². The van der Waals surface area contributed by atoms with Gasteiger partial charge in [-0.2, -0.15) is 0 Å². The molecule has 0 saturated carbocycles. The number of ketones is 1. The molecule has 0 amide bonds. The minimum Gasteiger partial charge on any atom is -0.294 e.